The van der Waals surface area contributed by atoms with Crippen LogP contribution in [0.5, 0.6) is 0 Å². The van der Waals surface area contributed by atoms with E-state index in [1.54, 1.807) is 0 Å². The van der Waals surface area contributed by atoms with E-state index in [1.165, 1.54) is 0 Å². The molecule has 0 unspecified atom stereocenters. The van der Waals surface area contributed by atoms with Gasteiger partial charge in [0.15, 0.2) is 0 Å². The molecule has 0 spiro atoms. The van der Waals surface area contributed by atoms with E-state index in [4.69, 9.17) is 4.52 Å². The van der Waals surface area contributed by atoms with Gasteiger partial charge in [-0.3, -0.25) is 4.98 Å². The first-order valence-corrected chi connectivity index (χ1v) is 6.32. The molecule has 0 aliphatic carbocycles. The first kappa shape index (κ1) is 12.3. The van der Waals surface area contributed by atoms with Crippen LogP contribution in [0.15, 0.2) is 16.7 Å². The van der Waals surface area contributed by atoms with E-state index >= 15 is 0 Å². The number of hydrogen-bond acceptors (Lipinski definition) is 6. The van der Waals surface area contributed by atoms with Crippen molar-refractivity contribution in [2.24, 2.45) is 0 Å². The van der Waals surface area contributed by atoms with Gasteiger partial charge in [-0.15, -0.1) is 0 Å². The first-order valence-electron chi connectivity index (χ1n) is 6.32. The summed E-state index contributed by atoms with van der Waals surface area (Å²) in [6.07, 6.45) is 0.265. The Bertz CT molecular complexity index is 576. The summed E-state index contributed by atoms with van der Waals surface area (Å²) in [5.74, 6) is 1.09. The molecule has 0 saturated carbocycles. The highest BCUT2D eigenvalue weighted by atomic mass is 16.5. The van der Waals surface area contributed by atoms with Crippen LogP contribution >= 0.6 is 0 Å². The van der Waals surface area contributed by atoms with Gasteiger partial charge in [0.05, 0.1) is 12.1 Å². The van der Waals surface area contributed by atoms with Gasteiger partial charge in [-0.1, -0.05) is 5.16 Å². The molecule has 2 aromatic rings. The van der Waals surface area contributed by atoms with Gasteiger partial charge < -0.3 is 14.9 Å². The maximum atomic E-state index is 9.50. The molecule has 0 aromatic carbocycles. The Morgan fingerprint density at radius 1 is 1.26 bits per heavy atom. The van der Waals surface area contributed by atoms with E-state index < -0.39 is 0 Å². The van der Waals surface area contributed by atoms with E-state index in [1.807, 2.05) is 26.0 Å². The van der Waals surface area contributed by atoms with Crippen LogP contribution in [0.1, 0.15) is 29.7 Å². The van der Waals surface area contributed by atoms with Crippen molar-refractivity contribution in [3.8, 4) is 11.4 Å². The molecule has 2 atom stereocenters. The monoisotopic (exact) mass is 260 g/mol. The summed E-state index contributed by atoms with van der Waals surface area (Å²) in [4.78, 5) is 8.72. The van der Waals surface area contributed by atoms with Gasteiger partial charge in [-0.05, 0) is 32.4 Å². The third kappa shape index (κ3) is 2.50. The smallest absolute Gasteiger partial charge is 0.244 e. The summed E-state index contributed by atoms with van der Waals surface area (Å²) in [7, 11) is 0. The SMILES string of the molecule is Cc1cc(-c2noc([C@@H]3C[C@@H](O)CN3)n2)cc(C)n1. The molecule has 2 aromatic heterocycles. The number of nitrogens with zero attached hydrogens (tertiary/aromatic N) is 3. The van der Waals surface area contributed by atoms with Crippen molar-refractivity contribution in [3.05, 3.63) is 29.4 Å². The zero-order valence-corrected chi connectivity index (χ0v) is 10.9. The van der Waals surface area contributed by atoms with E-state index in [-0.39, 0.29) is 12.1 Å². The molecule has 3 heterocycles. The van der Waals surface area contributed by atoms with Crippen LogP contribution in [-0.2, 0) is 0 Å². The Morgan fingerprint density at radius 3 is 2.63 bits per heavy atom. The molecule has 6 heteroatoms. The number of aromatic nitrogens is 3. The summed E-state index contributed by atoms with van der Waals surface area (Å²) in [5, 5.41) is 16.7. The largest absolute Gasteiger partial charge is 0.392 e. The van der Waals surface area contributed by atoms with Crippen molar-refractivity contribution in [3.63, 3.8) is 0 Å². The second kappa shape index (κ2) is 4.71. The Labute approximate surface area is 110 Å². The van der Waals surface area contributed by atoms with Gasteiger partial charge in [0.1, 0.15) is 0 Å². The van der Waals surface area contributed by atoms with E-state index in [9.17, 15) is 5.11 Å². The van der Waals surface area contributed by atoms with Gasteiger partial charge in [-0.2, -0.15) is 4.98 Å². The van der Waals surface area contributed by atoms with Crippen molar-refractivity contribution in [1.82, 2.24) is 20.4 Å². The Kier molecular flexibility index (Phi) is 3.04. The van der Waals surface area contributed by atoms with Gasteiger partial charge in [-0.25, -0.2) is 0 Å². The second-order valence-electron chi connectivity index (χ2n) is 4.95. The number of aliphatic hydroxyl groups is 1. The van der Waals surface area contributed by atoms with E-state index in [0.717, 1.165) is 17.0 Å². The molecule has 0 bridgehead atoms. The van der Waals surface area contributed by atoms with Crippen LogP contribution < -0.4 is 5.32 Å². The quantitative estimate of drug-likeness (QED) is 0.842. The fourth-order valence-electron chi connectivity index (χ4n) is 2.36. The number of β-amino-alcohol motifs (C(OH)–C–C–N with tert-alkyl or cyclic N) is 1. The van der Waals surface area contributed by atoms with Gasteiger partial charge in [0.2, 0.25) is 11.7 Å². The normalized spacial score (nSPS) is 22.9. The molecular formula is C13H16N4O2. The molecule has 0 radical (unpaired) electrons. The predicted molar refractivity (Wildman–Crippen MR) is 68.4 cm³/mol. The highest BCUT2D eigenvalue weighted by Gasteiger charge is 2.28. The summed E-state index contributed by atoms with van der Waals surface area (Å²) < 4.78 is 5.28. The Morgan fingerprint density at radius 2 is 2.00 bits per heavy atom. The lowest BCUT2D eigenvalue weighted by molar-refractivity contribution is 0.191. The highest BCUT2D eigenvalue weighted by molar-refractivity contribution is 5.55. The number of rotatable bonds is 2. The summed E-state index contributed by atoms with van der Waals surface area (Å²) >= 11 is 0. The molecule has 19 heavy (non-hydrogen) atoms. The third-order valence-electron chi connectivity index (χ3n) is 3.19. The van der Waals surface area contributed by atoms with Gasteiger partial charge >= 0.3 is 0 Å². The Balaban J connectivity index is 1.88. The molecule has 1 aliphatic heterocycles. The lowest BCUT2D eigenvalue weighted by atomic mass is 10.2. The topological polar surface area (TPSA) is 84.1 Å². The second-order valence-corrected chi connectivity index (χ2v) is 4.95. The minimum Gasteiger partial charge on any atom is -0.392 e. The zero-order valence-electron chi connectivity index (χ0n) is 10.9. The van der Waals surface area contributed by atoms with Gasteiger partial charge in [0.25, 0.3) is 0 Å². The van der Waals surface area contributed by atoms with Crippen molar-refractivity contribution in [2.45, 2.75) is 32.4 Å². The minimum absolute atomic E-state index is 0.0553. The molecule has 0 amide bonds. The molecule has 3 rings (SSSR count). The van der Waals surface area contributed by atoms with E-state index in [0.29, 0.717) is 24.7 Å². The van der Waals surface area contributed by atoms with Crippen LogP contribution in [0.4, 0.5) is 0 Å². The van der Waals surface area contributed by atoms with Crippen LogP contribution in [0, 0.1) is 13.8 Å². The van der Waals surface area contributed by atoms with Crippen LogP contribution in [-0.4, -0.2) is 32.9 Å². The number of hydrogen-bond donors (Lipinski definition) is 2. The average molecular weight is 260 g/mol. The van der Waals surface area contributed by atoms with Crippen molar-refractivity contribution < 1.29 is 9.63 Å². The average Bonchev–Trinajstić information content (AvgIpc) is 2.95. The minimum atomic E-state index is -0.342. The van der Waals surface area contributed by atoms with Crippen molar-refractivity contribution in [2.75, 3.05) is 6.54 Å². The summed E-state index contributed by atoms with van der Waals surface area (Å²) in [5.41, 5.74) is 2.75. The predicted octanol–water partition coefficient (Wildman–Crippen LogP) is 1.14. The molecule has 100 valence electrons. The molecule has 1 saturated heterocycles. The number of pyridine rings is 1. The van der Waals surface area contributed by atoms with Crippen LogP contribution in [0.3, 0.4) is 0 Å². The first-order chi connectivity index (χ1) is 9.11. The van der Waals surface area contributed by atoms with Crippen molar-refractivity contribution >= 4 is 0 Å². The third-order valence-corrected chi connectivity index (χ3v) is 3.19. The maximum Gasteiger partial charge on any atom is 0.244 e. The molecule has 2 N–H and O–H groups in total. The molecule has 1 fully saturated rings. The zero-order chi connectivity index (χ0) is 13.4. The summed E-state index contributed by atoms with van der Waals surface area (Å²) in [6, 6.07) is 3.80. The molecule has 6 nitrogen and oxygen atoms in total. The number of aryl methyl sites for hydroxylation is 2. The lowest BCUT2D eigenvalue weighted by Gasteiger charge is -2.02. The van der Waals surface area contributed by atoms with Gasteiger partial charge in [0, 0.05) is 23.5 Å². The van der Waals surface area contributed by atoms with Crippen LogP contribution in [0.25, 0.3) is 11.4 Å². The number of nitrogens with one attached hydrogen (secondary N) is 1. The fraction of sp³-hybridized carbons (Fsp3) is 0.462. The Hall–Kier alpha value is -1.79. The van der Waals surface area contributed by atoms with Crippen molar-refractivity contribution in [1.29, 1.82) is 0 Å². The molecule has 1 aliphatic rings. The maximum absolute atomic E-state index is 9.50. The highest BCUT2D eigenvalue weighted by Crippen LogP contribution is 2.25. The fourth-order valence-corrected chi connectivity index (χ4v) is 2.36. The van der Waals surface area contributed by atoms with Crippen LogP contribution in [0.2, 0.25) is 0 Å². The molecular weight excluding hydrogens is 244 g/mol. The number of aliphatic hydroxyl groups excluding tert-OH is 1. The summed E-state index contributed by atoms with van der Waals surface area (Å²) in [6.45, 7) is 4.44. The standard InChI is InChI=1S/C13H16N4O2/c1-7-3-9(4-8(2)15-7)12-16-13(19-17-12)11-5-10(18)6-14-11/h3-4,10-11,14,18H,5-6H2,1-2H3/t10-,11+/m1/s1. The lowest BCUT2D eigenvalue weighted by Crippen LogP contribution is -2.15. The van der Waals surface area contributed by atoms with E-state index in [2.05, 4.69) is 20.4 Å².